The standard InChI is InChI=1S/C21H22N8O2/c1-4-23-21(30)29-20-27-16-9-12(13-10-24-19(22-2)25-11-13)8-14(18(16)28-20)15-6-5-7-17(26-15)31-3/h5-11H,4H2,1-3H3,(H,22,24,25)(H3,23,27,28,29,30). The third-order valence-electron chi connectivity index (χ3n) is 4.57. The fourth-order valence-electron chi connectivity index (χ4n) is 3.14. The highest BCUT2D eigenvalue weighted by molar-refractivity contribution is 5.98. The zero-order valence-corrected chi connectivity index (χ0v) is 17.4. The van der Waals surface area contributed by atoms with Crippen LogP contribution in [0.1, 0.15) is 6.92 Å². The molecule has 0 bridgehead atoms. The number of aromatic nitrogens is 5. The number of pyridine rings is 1. The first-order valence-electron chi connectivity index (χ1n) is 9.71. The molecule has 0 saturated heterocycles. The van der Waals surface area contributed by atoms with Crippen LogP contribution in [-0.2, 0) is 0 Å². The second-order valence-corrected chi connectivity index (χ2v) is 6.60. The van der Waals surface area contributed by atoms with E-state index in [2.05, 4.69) is 40.9 Å². The summed E-state index contributed by atoms with van der Waals surface area (Å²) in [5, 5.41) is 8.31. The number of nitrogens with zero attached hydrogens (tertiary/aromatic N) is 4. The van der Waals surface area contributed by atoms with E-state index in [0.29, 0.717) is 35.5 Å². The van der Waals surface area contributed by atoms with E-state index in [1.54, 1.807) is 32.6 Å². The van der Waals surface area contributed by atoms with E-state index < -0.39 is 0 Å². The van der Waals surface area contributed by atoms with Crippen LogP contribution in [-0.4, -0.2) is 51.7 Å². The molecule has 31 heavy (non-hydrogen) atoms. The Labute approximate surface area is 178 Å². The molecule has 2 amide bonds. The van der Waals surface area contributed by atoms with E-state index in [1.165, 1.54) is 0 Å². The number of fused-ring (bicyclic) bond motifs is 1. The minimum absolute atomic E-state index is 0.334. The summed E-state index contributed by atoms with van der Waals surface area (Å²) in [6, 6.07) is 9.10. The maximum atomic E-state index is 11.9. The van der Waals surface area contributed by atoms with Gasteiger partial charge in [-0.2, -0.15) is 0 Å². The zero-order chi connectivity index (χ0) is 21.8. The lowest BCUT2D eigenvalue weighted by Crippen LogP contribution is -2.28. The number of aromatic amines is 1. The van der Waals surface area contributed by atoms with Crippen molar-refractivity contribution in [3.05, 3.63) is 42.7 Å². The highest BCUT2D eigenvalue weighted by atomic mass is 16.5. The van der Waals surface area contributed by atoms with Crippen molar-refractivity contribution in [2.75, 3.05) is 31.3 Å². The predicted molar refractivity (Wildman–Crippen MR) is 119 cm³/mol. The minimum atomic E-state index is -0.334. The molecule has 3 heterocycles. The number of imidazole rings is 1. The molecule has 3 aromatic heterocycles. The maximum absolute atomic E-state index is 11.9. The number of urea groups is 1. The van der Waals surface area contributed by atoms with Crippen molar-refractivity contribution < 1.29 is 9.53 Å². The van der Waals surface area contributed by atoms with Crippen molar-refractivity contribution in [2.24, 2.45) is 0 Å². The SMILES string of the molecule is CCNC(=O)Nc1nc2c(-c3cccc(OC)n3)cc(-c3cnc(NC)nc3)cc2[nH]1. The van der Waals surface area contributed by atoms with Crippen LogP contribution in [0.15, 0.2) is 42.7 Å². The number of benzene rings is 1. The van der Waals surface area contributed by atoms with Gasteiger partial charge in [0.2, 0.25) is 17.8 Å². The Balaban J connectivity index is 1.86. The second kappa shape index (κ2) is 8.66. The fourth-order valence-corrected chi connectivity index (χ4v) is 3.14. The third kappa shape index (κ3) is 4.22. The fraction of sp³-hybridized carbons (Fsp3) is 0.190. The van der Waals surface area contributed by atoms with Crippen molar-refractivity contribution >= 4 is 29.0 Å². The normalized spacial score (nSPS) is 10.7. The number of methoxy groups -OCH3 is 1. The Morgan fingerprint density at radius 3 is 2.65 bits per heavy atom. The lowest BCUT2D eigenvalue weighted by molar-refractivity contribution is 0.252. The van der Waals surface area contributed by atoms with Gasteiger partial charge in [0, 0.05) is 43.2 Å². The van der Waals surface area contributed by atoms with Crippen LogP contribution in [0, 0.1) is 0 Å². The zero-order valence-electron chi connectivity index (χ0n) is 17.4. The first kappa shape index (κ1) is 20.1. The van der Waals surface area contributed by atoms with Gasteiger partial charge < -0.3 is 20.4 Å². The molecule has 4 N–H and O–H groups in total. The van der Waals surface area contributed by atoms with E-state index in [9.17, 15) is 4.79 Å². The summed E-state index contributed by atoms with van der Waals surface area (Å²) >= 11 is 0. The highest BCUT2D eigenvalue weighted by Gasteiger charge is 2.15. The van der Waals surface area contributed by atoms with E-state index in [1.807, 2.05) is 31.2 Å². The topological polar surface area (TPSA) is 130 Å². The molecule has 0 aliphatic carbocycles. The van der Waals surface area contributed by atoms with Crippen LogP contribution in [0.5, 0.6) is 5.88 Å². The Morgan fingerprint density at radius 1 is 1.13 bits per heavy atom. The van der Waals surface area contributed by atoms with Gasteiger partial charge in [0.15, 0.2) is 0 Å². The molecule has 10 nitrogen and oxygen atoms in total. The number of carbonyl (C=O) groups is 1. The summed E-state index contributed by atoms with van der Waals surface area (Å²) < 4.78 is 5.28. The lowest BCUT2D eigenvalue weighted by atomic mass is 10.0. The molecule has 4 aromatic rings. The Morgan fingerprint density at radius 2 is 1.94 bits per heavy atom. The molecule has 0 aliphatic heterocycles. The maximum Gasteiger partial charge on any atom is 0.321 e. The van der Waals surface area contributed by atoms with E-state index in [-0.39, 0.29) is 6.03 Å². The number of H-pyrrole nitrogens is 1. The highest BCUT2D eigenvalue weighted by Crippen LogP contribution is 2.33. The summed E-state index contributed by atoms with van der Waals surface area (Å²) in [6.45, 7) is 2.36. The van der Waals surface area contributed by atoms with Gasteiger partial charge in [-0.3, -0.25) is 5.32 Å². The number of hydrogen-bond donors (Lipinski definition) is 4. The Kier molecular flexibility index (Phi) is 5.61. The molecule has 0 aliphatic rings. The molecule has 0 saturated carbocycles. The third-order valence-corrected chi connectivity index (χ3v) is 4.57. The number of carbonyl (C=O) groups excluding carboxylic acids is 1. The van der Waals surface area contributed by atoms with E-state index in [0.717, 1.165) is 22.2 Å². The van der Waals surface area contributed by atoms with E-state index in [4.69, 9.17) is 4.74 Å². The van der Waals surface area contributed by atoms with Crippen molar-refractivity contribution in [1.82, 2.24) is 30.2 Å². The number of hydrogen-bond acceptors (Lipinski definition) is 7. The van der Waals surface area contributed by atoms with Crippen LogP contribution in [0.2, 0.25) is 0 Å². The summed E-state index contributed by atoms with van der Waals surface area (Å²) in [7, 11) is 3.34. The van der Waals surface area contributed by atoms with Gasteiger partial charge in [-0.25, -0.2) is 24.7 Å². The van der Waals surface area contributed by atoms with Gasteiger partial charge in [0.05, 0.1) is 23.8 Å². The number of amides is 2. The smallest absolute Gasteiger partial charge is 0.321 e. The molecular weight excluding hydrogens is 396 g/mol. The molecule has 1 aromatic carbocycles. The van der Waals surface area contributed by atoms with Crippen molar-refractivity contribution in [3.63, 3.8) is 0 Å². The van der Waals surface area contributed by atoms with Gasteiger partial charge >= 0.3 is 6.03 Å². The van der Waals surface area contributed by atoms with Crippen LogP contribution < -0.4 is 20.7 Å². The Bertz CT molecular complexity index is 1220. The van der Waals surface area contributed by atoms with Crippen molar-refractivity contribution in [1.29, 1.82) is 0 Å². The van der Waals surface area contributed by atoms with Gasteiger partial charge in [-0.05, 0) is 30.7 Å². The molecule has 0 unspecified atom stereocenters. The molecular formula is C21H22N8O2. The lowest BCUT2D eigenvalue weighted by Gasteiger charge is -2.08. The first-order chi connectivity index (χ1) is 15.1. The number of anilines is 2. The quantitative estimate of drug-likeness (QED) is 0.378. The van der Waals surface area contributed by atoms with Crippen molar-refractivity contribution in [3.8, 4) is 28.3 Å². The van der Waals surface area contributed by atoms with E-state index >= 15 is 0 Å². The van der Waals surface area contributed by atoms with Gasteiger partial charge in [0.1, 0.15) is 0 Å². The Hall–Kier alpha value is -4.21. The summed E-state index contributed by atoms with van der Waals surface area (Å²) in [4.78, 5) is 32.8. The van der Waals surface area contributed by atoms with Crippen LogP contribution in [0.3, 0.4) is 0 Å². The molecule has 4 rings (SSSR count). The predicted octanol–water partition coefficient (Wildman–Crippen LogP) is 3.27. The van der Waals surface area contributed by atoms with Crippen LogP contribution in [0.4, 0.5) is 16.7 Å². The average molecular weight is 418 g/mol. The van der Waals surface area contributed by atoms with Crippen LogP contribution in [0.25, 0.3) is 33.4 Å². The monoisotopic (exact) mass is 418 g/mol. The molecule has 0 spiro atoms. The van der Waals surface area contributed by atoms with Gasteiger partial charge in [-0.15, -0.1) is 0 Å². The largest absolute Gasteiger partial charge is 0.481 e. The minimum Gasteiger partial charge on any atom is -0.481 e. The first-order valence-corrected chi connectivity index (χ1v) is 9.71. The number of nitrogens with one attached hydrogen (secondary N) is 4. The van der Waals surface area contributed by atoms with Crippen molar-refractivity contribution in [2.45, 2.75) is 6.92 Å². The van der Waals surface area contributed by atoms with Crippen LogP contribution >= 0.6 is 0 Å². The summed E-state index contributed by atoms with van der Waals surface area (Å²) in [5.41, 5.74) is 4.59. The number of rotatable bonds is 6. The molecule has 0 atom stereocenters. The molecule has 0 fully saturated rings. The summed E-state index contributed by atoms with van der Waals surface area (Å²) in [5.74, 6) is 1.37. The molecule has 0 radical (unpaired) electrons. The van der Waals surface area contributed by atoms with Gasteiger partial charge in [-0.1, -0.05) is 6.07 Å². The molecule has 158 valence electrons. The average Bonchev–Trinajstić information content (AvgIpc) is 3.20. The molecule has 10 heteroatoms. The number of ether oxygens (including phenoxy) is 1. The van der Waals surface area contributed by atoms with Gasteiger partial charge in [0.25, 0.3) is 0 Å². The summed E-state index contributed by atoms with van der Waals surface area (Å²) in [6.07, 6.45) is 3.49. The second-order valence-electron chi connectivity index (χ2n) is 6.60.